The molecular weight excluding hydrogens is 272 g/mol. The fourth-order valence-electron chi connectivity index (χ4n) is 2.27. The number of nitrogens with zero attached hydrogens (tertiary/aromatic N) is 2. The van der Waals surface area contributed by atoms with E-state index in [0.717, 1.165) is 22.7 Å². The zero-order valence-electron chi connectivity index (χ0n) is 12.1. The lowest BCUT2D eigenvalue weighted by Gasteiger charge is -2.23. The van der Waals surface area contributed by atoms with Crippen molar-refractivity contribution in [3.05, 3.63) is 84.9 Å². The predicted molar refractivity (Wildman–Crippen MR) is 92.0 cm³/mol. The molecule has 3 rings (SSSR count). The number of hydrogen-bond donors (Lipinski definition) is 2. The number of anilines is 4. The van der Waals surface area contributed by atoms with Gasteiger partial charge in [-0.15, -0.1) is 0 Å². The average Bonchev–Trinajstić information content (AvgIpc) is 2.62. The van der Waals surface area contributed by atoms with Crippen LogP contribution in [0.4, 0.5) is 22.7 Å². The van der Waals surface area contributed by atoms with Gasteiger partial charge in [-0.05, 0) is 42.5 Å². The summed E-state index contributed by atoms with van der Waals surface area (Å²) in [6.45, 7) is 0. The van der Waals surface area contributed by atoms with Crippen molar-refractivity contribution in [3.8, 4) is 0 Å². The molecule has 0 saturated carbocycles. The smallest absolute Gasteiger partial charge is 0.0596 e. The quantitative estimate of drug-likeness (QED) is 0.568. The van der Waals surface area contributed by atoms with E-state index in [1.54, 1.807) is 10.0 Å². The summed E-state index contributed by atoms with van der Waals surface area (Å²) in [4.78, 5) is 0. The lowest BCUT2D eigenvalue weighted by atomic mass is 10.2. The Morgan fingerprint density at radius 2 is 0.818 bits per heavy atom. The Morgan fingerprint density at radius 3 is 1.23 bits per heavy atom. The molecule has 4 nitrogen and oxygen atoms in total. The number of hydrogen-bond acceptors (Lipinski definition) is 4. The van der Waals surface area contributed by atoms with Gasteiger partial charge in [-0.2, -0.15) is 0 Å². The van der Waals surface area contributed by atoms with Gasteiger partial charge in [0.1, 0.15) is 0 Å². The van der Waals surface area contributed by atoms with Crippen molar-refractivity contribution in [1.29, 1.82) is 0 Å². The maximum absolute atomic E-state index is 6.20. The molecule has 0 aliphatic rings. The molecule has 0 spiro atoms. The van der Waals surface area contributed by atoms with Gasteiger partial charge in [0.2, 0.25) is 0 Å². The molecule has 0 heterocycles. The van der Waals surface area contributed by atoms with Crippen molar-refractivity contribution < 1.29 is 0 Å². The highest BCUT2D eigenvalue weighted by atomic mass is 15.4. The number of hydrazine groups is 2. The Hall–Kier alpha value is -2.82. The van der Waals surface area contributed by atoms with E-state index in [4.69, 9.17) is 11.7 Å². The second kappa shape index (κ2) is 6.30. The van der Waals surface area contributed by atoms with E-state index in [9.17, 15) is 0 Å². The first kappa shape index (κ1) is 14.1. The van der Waals surface area contributed by atoms with E-state index in [-0.39, 0.29) is 0 Å². The summed E-state index contributed by atoms with van der Waals surface area (Å²) in [5, 5.41) is 3.28. The topological polar surface area (TPSA) is 58.5 Å². The Labute approximate surface area is 130 Å². The van der Waals surface area contributed by atoms with Gasteiger partial charge in [0, 0.05) is 0 Å². The van der Waals surface area contributed by atoms with Gasteiger partial charge in [0.15, 0.2) is 0 Å². The van der Waals surface area contributed by atoms with E-state index < -0.39 is 0 Å². The van der Waals surface area contributed by atoms with Gasteiger partial charge in [0.25, 0.3) is 0 Å². The van der Waals surface area contributed by atoms with E-state index in [1.807, 2.05) is 84.9 Å². The van der Waals surface area contributed by atoms with Crippen molar-refractivity contribution in [2.24, 2.45) is 11.7 Å². The lowest BCUT2D eigenvalue weighted by molar-refractivity contribution is 1.06. The molecule has 3 aromatic rings. The van der Waals surface area contributed by atoms with Crippen LogP contribution in [0, 0.1) is 0 Å². The largest absolute Gasteiger partial charge is 0.280 e. The molecular formula is C18H18N4. The molecule has 0 aromatic heterocycles. The van der Waals surface area contributed by atoms with Crippen LogP contribution in [-0.2, 0) is 0 Å². The minimum Gasteiger partial charge on any atom is -0.280 e. The van der Waals surface area contributed by atoms with Crippen LogP contribution < -0.4 is 21.7 Å². The Bertz CT molecular complexity index is 668. The summed E-state index contributed by atoms with van der Waals surface area (Å²) in [6, 6.07) is 27.4. The van der Waals surface area contributed by atoms with Gasteiger partial charge in [-0.3, -0.25) is 10.0 Å². The van der Waals surface area contributed by atoms with Crippen LogP contribution in [0.1, 0.15) is 0 Å². The third kappa shape index (κ3) is 2.93. The van der Waals surface area contributed by atoms with E-state index >= 15 is 0 Å². The molecule has 0 amide bonds. The lowest BCUT2D eigenvalue weighted by Crippen LogP contribution is -2.27. The number of benzene rings is 3. The van der Waals surface area contributed by atoms with E-state index in [2.05, 4.69) is 0 Å². The SMILES string of the molecule is NN(c1ccccc1)c1cccc(N(N)c2ccccc2)c1. The highest BCUT2D eigenvalue weighted by Gasteiger charge is 2.08. The first-order chi connectivity index (χ1) is 10.8. The molecule has 0 fully saturated rings. The van der Waals surface area contributed by atoms with Crippen molar-refractivity contribution in [3.63, 3.8) is 0 Å². The van der Waals surface area contributed by atoms with Gasteiger partial charge in [0.05, 0.1) is 22.7 Å². The summed E-state index contributed by atoms with van der Waals surface area (Å²) in [5.74, 6) is 12.4. The maximum atomic E-state index is 6.20. The third-order valence-electron chi connectivity index (χ3n) is 3.45. The predicted octanol–water partition coefficient (Wildman–Crippen LogP) is 3.71. The van der Waals surface area contributed by atoms with Crippen molar-refractivity contribution in [1.82, 2.24) is 0 Å². The van der Waals surface area contributed by atoms with Gasteiger partial charge in [-0.1, -0.05) is 42.5 Å². The molecule has 4 N–H and O–H groups in total. The Morgan fingerprint density at radius 1 is 0.455 bits per heavy atom. The first-order valence-electron chi connectivity index (χ1n) is 7.05. The van der Waals surface area contributed by atoms with Gasteiger partial charge >= 0.3 is 0 Å². The zero-order chi connectivity index (χ0) is 15.4. The summed E-state index contributed by atoms with van der Waals surface area (Å²) >= 11 is 0. The second-order valence-corrected chi connectivity index (χ2v) is 4.93. The van der Waals surface area contributed by atoms with Crippen LogP contribution in [0.25, 0.3) is 0 Å². The van der Waals surface area contributed by atoms with Crippen molar-refractivity contribution >= 4 is 22.7 Å². The van der Waals surface area contributed by atoms with Crippen LogP contribution >= 0.6 is 0 Å². The van der Waals surface area contributed by atoms with Crippen LogP contribution in [0.15, 0.2) is 84.9 Å². The highest BCUT2D eigenvalue weighted by molar-refractivity contribution is 5.69. The van der Waals surface area contributed by atoms with Crippen LogP contribution in [0.5, 0.6) is 0 Å². The maximum Gasteiger partial charge on any atom is 0.0596 e. The van der Waals surface area contributed by atoms with Crippen LogP contribution in [-0.4, -0.2) is 0 Å². The third-order valence-corrected chi connectivity index (χ3v) is 3.45. The standard InChI is InChI=1S/C18H18N4/c19-21(15-8-3-1-4-9-15)17-12-7-13-18(14-17)22(20)16-10-5-2-6-11-16/h1-14H,19-20H2. The number of nitrogens with two attached hydrogens (primary N) is 2. The van der Waals surface area contributed by atoms with Gasteiger partial charge < -0.3 is 0 Å². The van der Waals surface area contributed by atoms with Gasteiger partial charge in [-0.25, -0.2) is 11.7 Å². The monoisotopic (exact) mass is 290 g/mol. The molecule has 0 bridgehead atoms. The fourth-order valence-corrected chi connectivity index (χ4v) is 2.27. The fraction of sp³-hybridized carbons (Fsp3) is 0. The minimum atomic E-state index is 0.870. The summed E-state index contributed by atoms with van der Waals surface area (Å²) in [7, 11) is 0. The van der Waals surface area contributed by atoms with E-state index in [0.29, 0.717) is 0 Å². The van der Waals surface area contributed by atoms with Crippen molar-refractivity contribution in [2.75, 3.05) is 10.0 Å². The normalized spacial score (nSPS) is 10.3. The van der Waals surface area contributed by atoms with E-state index in [1.165, 1.54) is 0 Å². The molecule has 0 saturated heterocycles. The zero-order valence-corrected chi connectivity index (χ0v) is 12.1. The molecule has 110 valence electrons. The minimum absolute atomic E-state index is 0.870. The summed E-state index contributed by atoms with van der Waals surface area (Å²) in [5.41, 5.74) is 3.58. The number of para-hydroxylation sites is 2. The molecule has 0 aliphatic carbocycles. The van der Waals surface area contributed by atoms with Crippen LogP contribution in [0.2, 0.25) is 0 Å². The summed E-state index contributed by atoms with van der Waals surface area (Å²) in [6.07, 6.45) is 0. The molecule has 0 unspecified atom stereocenters. The Balaban J connectivity index is 1.90. The molecule has 4 heteroatoms. The molecule has 0 radical (unpaired) electrons. The highest BCUT2D eigenvalue weighted by Crippen LogP contribution is 2.28. The molecule has 0 aliphatic heterocycles. The first-order valence-corrected chi connectivity index (χ1v) is 7.05. The van der Waals surface area contributed by atoms with Crippen LogP contribution in [0.3, 0.4) is 0 Å². The number of rotatable bonds is 4. The molecule has 0 atom stereocenters. The second-order valence-electron chi connectivity index (χ2n) is 4.93. The molecule has 3 aromatic carbocycles. The van der Waals surface area contributed by atoms with Crippen molar-refractivity contribution in [2.45, 2.75) is 0 Å². The average molecular weight is 290 g/mol. The molecule has 22 heavy (non-hydrogen) atoms. The Kier molecular flexibility index (Phi) is 4.05. The summed E-state index contributed by atoms with van der Waals surface area (Å²) < 4.78 is 0.